The number of aromatic amines is 1. The molecule has 0 radical (unpaired) electrons. The number of nitrogens with one attached hydrogen (secondary N) is 2. The molecule has 0 aromatic carbocycles. The summed E-state index contributed by atoms with van der Waals surface area (Å²) in [5.41, 5.74) is 1.18. The second kappa shape index (κ2) is 5.60. The van der Waals surface area contributed by atoms with E-state index >= 15 is 0 Å². The number of nitrogens with zero attached hydrogens (tertiary/aromatic N) is 2. The molecule has 2 N–H and O–H groups in total. The van der Waals surface area contributed by atoms with Crippen LogP contribution in [0, 0.1) is 6.92 Å². The van der Waals surface area contributed by atoms with Gasteiger partial charge in [-0.2, -0.15) is 9.40 Å². The van der Waals surface area contributed by atoms with E-state index in [0.717, 1.165) is 25.8 Å². The minimum absolute atomic E-state index is 0.145. The molecule has 0 bridgehead atoms. The predicted octanol–water partition coefficient (Wildman–Crippen LogP) is 1.00. The molecular formula is C12H22N4O2S. The molecule has 1 aromatic rings. The normalized spacial score (nSPS) is 16.8. The Morgan fingerprint density at radius 1 is 1.47 bits per heavy atom. The molecular weight excluding hydrogens is 264 g/mol. The molecule has 1 fully saturated rings. The highest BCUT2D eigenvalue weighted by atomic mass is 32.2. The molecule has 1 heterocycles. The van der Waals surface area contributed by atoms with E-state index < -0.39 is 10.0 Å². The van der Waals surface area contributed by atoms with Gasteiger partial charge in [0, 0.05) is 19.6 Å². The molecule has 0 amide bonds. The van der Waals surface area contributed by atoms with E-state index in [1.165, 1.54) is 4.31 Å². The van der Waals surface area contributed by atoms with Gasteiger partial charge in [0.25, 0.3) is 0 Å². The van der Waals surface area contributed by atoms with E-state index in [2.05, 4.69) is 15.5 Å². The fraction of sp³-hybridized carbons (Fsp3) is 0.750. The van der Waals surface area contributed by atoms with E-state index in [1.807, 2.05) is 6.92 Å². The van der Waals surface area contributed by atoms with Crippen molar-refractivity contribution >= 4 is 10.0 Å². The maximum atomic E-state index is 12.7. The third-order valence-electron chi connectivity index (χ3n) is 3.73. The molecule has 7 heteroatoms. The van der Waals surface area contributed by atoms with E-state index in [-0.39, 0.29) is 6.04 Å². The predicted molar refractivity (Wildman–Crippen MR) is 73.3 cm³/mol. The first-order chi connectivity index (χ1) is 8.98. The Hall–Kier alpha value is -0.920. The molecule has 1 saturated carbocycles. The summed E-state index contributed by atoms with van der Waals surface area (Å²) in [5, 5.41) is 10.0. The van der Waals surface area contributed by atoms with Crippen LogP contribution >= 0.6 is 0 Å². The average Bonchev–Trinajstić information content (AvgIpc) is 2.66. The summed E-state index contributed by atoms with van der Waals surface area (Å²) in [7, 11) is -1.78. The van der Waals surface area contributed by atoms with Crippen molar-refractivity contribution in [2.75, 3.05) is 13.6 Å². The van der Waals surface area contributed by atoms with Crippen LogP contribution in [-0.4, -0.2) is 42.6 Å². The van der Waals surface area contributed by atoms with Gasteiger partial charge in [-0.05, 0) is 26.3 Å². The highest BCUT2D eigenvalue weighted by Crippen LogP contribution is 2.30. The maximum Gasteiger partial charge on any atom is 0.246 e. The van der Waals surface area contributed by atoms with Crippen molar-refractivity contribution < 1.29 is 8.42 Å². The number of sulfonamides is 1. The van der Waals surface area contributed by atoms with Crippen molar-refractivity contribution in [1.82, 2.24) is 19.8 Å². The van der Waals surface area contributed by atoms with Crippen LogP contribution in [0.1, 0.15) is 37.6 Å². The fourth-order valence-corrected chi connectivity index (χ4v) is 4.00. The Morgan fingerprint density at radius 3 is 2.68 bits per heavy atom. The molecule has 0 unspecified atom stereocenters. The lowest BCUT2D eigenvalue weighted by atomic mass is 9.94. The SMILES string of the molecule is CCNCc1n[nH]c(C)c1S(=O)(=O)N(C)C1CCC1. The van der Waals surface area contributed by atoms with Crippen molar-refractivity contribution in [3.8, 4) is 0 Å². The van der Waals surface area contributed by atoms with Crippen LogP contribution in [0.25, 0.3) is 0 Å². The van der Waals surface area contributed by atoms with Gasteiger partial charge in [0.15, 0.2) is 0 Å². The quantitative estimate of drug-likeness (QED) is 0.818. The zero-order valence-corrected chi connectivity index (χ0v) is 12.5. The van der Waals surface area contributed by atoms with Crippen molar-refractivity contribution in [2.24, 2.45) is 0 Å². The number of aryl methyl sites for hydroxylation is 1. The van der Waals surface area contributed by atoms with Gasteiger partial charge < -0.3 is 5.32 Å². The second-order valence-corrected chi connectivity index (χ2v) is 6.95. The van der Waals surface area contributed by atoms with Gasteiger partial charge in [-0.1, -0.05) is 13.3 Å². The Bertz CT molecular complexity index is 534. The van der Waals surface area contributed by atoms with Gasteiger partial charge in [-0.15, -0.1) is 0 Å². The standard InChI is InChI=1S/C12H22N4O2S/c1-4-13-8-11-12(9(2)14-15-11)19(17,18)16(3)10-6-5-7-10/h10,13H,4-8H2,1-3H3,(H,14,15). The van der Waals surface area contributed by atoms with Crippen LogP contribution in [0.3, 0.4) is 0 Å². The summed E-state index contributed by atoms with van der Waals surface area (Å²) in [6.07, 6.45) is 3.02. The molecule has 108 valence electrons. The molecule has 1 aliphatic carbocycles. The van der Waals surface area contributed by atoms with Gasteiger partial charge in [-0.25, -0.2) is 8.42 Å². The van der Waals surface area contributed by atoms with Gasteiger partial charge in [-0.3, -0.25) is 5.10 Å². The van der Waals surface area contributed by atoms with Gasteiger partial charge in [0.05, 0.1) is 11.4 Å². The number of hydrogen-bond donors (Lipinski definition) is 2. The van der Waals surface area contributed by atoms with Crippen molar-refractivity contribution in [1.29, 1.82) is 0 Å². The highest BCUT2D eigenvalue weighted by Gasteiger charge is 2.35. The molecule has 1 aliphatic rings. The second-order valence-electron chi connectivity index (χ2n) is 5.01. The summed E-state index contributed by atoms with van der Waals surface area (Å²) in [4.78, 5) is 0.336. The first-order valence-corrected chi connectivity index (χ1v) is 8.15. The van der Waals surface area contributed by atoms with Gasteiger partial charge in [0.2, 0.25) is 10.0 Å². The molecule has 0 aliphatic heterocycles. The molecule has 0 saturated heterocycles. The molecule has 0 spiro atoms. The Kier molecular flexibility index (Phi) is 4.27. The minimum atomic E-state index is -3.45. The van der Waals surface area contributed by atoms with Crippen LogP contribution < -0.4 is 5.32 Å². The third-order valence-corrected chi connectivity index (χ3v) is 5.84. The molecule has 19 heavy (non-hydrogen) atoms. The fourth-order valence-electron chi connectivity index (χ4n) is 2.27. The molecule has 0 atom stereocenters. The first-order valence-electron chi connectivity index (χ1n) is 6.71. The highest BCUT2D eigenvalue weighted by molar-refractivity contribution is 7.89. The monoisotopic (exact) mass is 286 g/mol. The summed E-state index contributed by atoms with van der Waals surface area (Å²) >= 11 is 0. The van der Waals surface area contributed by atoms with E-state index in [9.17, 15) is 8.42 Å². The van der Waals surface area contributed by atoms with Crippen LogP contribution in [0.4, 0.5) is 0 Å². The maximum absolute atomic E-state index is 12.7. The lowest BCUT2D eigenvalue weighted by molar-refractivity contribution is 0.249. The number of H-pyrrole nitrogens is 1. The third kappa shape index (κ3) is 2.68. The van der Waals surface area contributed by atoms with Crippen LogP contribution in [0.2, 0.25) is 0 Å². The van der Waals surface area contributed by atoms with Crippen molar-refractivity contribution in [2.45, 2.75) is 50.6 Å². The van der Waals surface area contributed by atoms with Crippen LogP contribution in [0.5, 0.6) is 0 Å². The zero-order chi connectivity index (χ0) is 14.0. The topological polar surface area (TPSA) is 78.1 Å². The largest absolute Gasteiger partial charge is 0.311 e. The van der Waals surface area contributed by atoms with Crippen LogP contribution in [-0.2, 0) is 16.6 Å². The lowest BCUT2D eigenvalue weighted by Crippen LogP contribution is -2.41. The van der Waals surface area contributed by atoms with Gasteiger partial charge >= 0.3 is 0 Å². The van der Waals surface area contributed by atoms with E-state index in [1.54, 1.807) is 14.0 Å². The summed E-state index contributed by atoms with van der Waals surface area (Å²) in [6, 6.07) is 0.145. The van der Waals surface area contributed by atoms with Crippen molar-refractivity contribution in [3.05, 3.63) is 11.4 Å². The summed E-state index contributed by atoms with van der Waals surface area (Å²) in [6.45, 7) is 4.98. The first kappa shape index (κ1) is 14.5. The van der Waals surface area contributed by atoms with E-state index in [4.69, 9.17) is 0 Å². The Labute approximate surface area is 114 Å². The minimum Gasteiger partial charge on any atom is -0.311 e. The Morgan fingerprint density at radius 2 is 2.16 bits per heavy atom. The summed E-state index contributed by atoms with van der Waals surface area (Å²) in [5.74, 6) is 0. The van der Waals surface area contributed by atoms with E-state index in [0.29, 0.717) is 22.8 Å². The smallest absolute Gasteiger partial charge is 0.246 e. The summed E-state index contributed by atoms with van der Waals surface area (Å²) < 4.78 is 26.8. The van der Waals surface area contributed by atoms with Gasteiger partial charge in [0.1, 0.15) is 4.90 Å². The molecule has 1 aromatic heterocycles. The number of rotatable bonds is 6. The zero-order valence-electron chi connectivity index (χ0n) is 11.7. The van der Waals surface area contributed by atoms with Crippen LogP contribution in [0.15, 0.2) is 4.90 Å². The van der Waals surface area contributed by atoms with Crippen molar-refractivity contribution in [3.63, 3.8) is 0 Å². The molecule has 6 nitrogen and oxygen atoms in total. The Balaban J connectivity index is 2.30. The number of hydrogen-bond acceptors (Lipinski definition) is 4. The number of aromatic nitrogens is 2. The lowest BCUT2D eigenvalue weighted by Gasteiger charge is -2.33. The average molecular weight is 286 g/mol. The molecule has 2 rings (SSSR count).